The van der Waals surface area contributed by atoms with Crippen LogP contribution < -0.4 is 10.6 Å². The number of nitrogens with zero attached hydrogens (tertiary/aromatic N) is 2. The summed E-state index contributed by atoms with van der Waals surface area (Å²) in [6.45, 7) is 3.73. The van der Waals surface area contributed by atoms with E-state index in [0.29, 0.717) is 5.69 Å². The van der Waals surface area contributed by atoms with Gasteiger partial charge in [0.05, 0.1) is 11.0 Å². The fourth-order valence-electron chi connectivity index (χ4n) is 1.43. The van der Waals surface area contributed by atoms with Crippen molar-refractivity contribution in [3.05, 3.63) is 34.4 Å². The standard InChI is InChI=1S/C12H17N3O3/c1-8(2)11(13)12(16)14(3)9-4-6-10(7-5-9)15(17)18/h4-8,11H,13H2,1-3H3/t11-/m1/s1. The van der Waals surface area contributed by atoms with Crippen LogP contribution in [0.5, 0.6) is 0 Å². The van der Waals surface area contributed by atoms with Crippen molar-refractivity contribution in [3.8, 4) is 0 Å². The lowest BCUT2D eigenvalue weighted by molar-refractivity contribution is -0.384. The largest absolute Gasteiger partial charge is 0.320 e. The predicted molar refractivity (Wildman–Crippen MR) is 69.3 cm³/mol. The zero-order valence-electron chi connectivity index (χ0n) is 10.7. The van der Waals surface area contributed by atoms with E-state index in [1.54, 1.807) is 7.05 Å². The smallest absolute Gasteiger partial charge is 0.269 e. The van der Waals surface area contributed by atoms with E-state index in [9.17, 15) is 14.9 Å². The minimum Gasteiger partial charge on any atom is -0.320 e. The van der Waals surface area contributed by atoms with Crippen molar-refractivity contribution in [2.45, 2.75) is 19.9 Å². The topological polar surface area (TPSA) is 89.5 Å². The van der Waals surface area contributed by atoms with Gasteiger partial charge in [-0.1, -0.05) is 13.8 Å². The molecule has 1 amide bonds. The van der Waals surface area contributed by atoms with Crippen LogP contribution in [0.15, 0.2) is 24.3 Å². The average Bonchev–Trinajstić information content (AvgIpc) is 2.36. The number of hydrogen-bond acceptors (Lipinski definition) is 4. The first-order valence-electron chi connectivity index (χ1n) is 5.62. The number of likely N-dealkylation sites (N-methyl/N-ethyl adjacent to an activating group) is 1. The Balaban J connectivity index is 2.87. The van der Waals surface area contributed by atoms with Crippen LogP contribution in [-0.2, 0) is 4.79 Å². The third-order valence-corrected chi connectivity index (χ3v) is 2.78. The number of carbonyl (C=O) groups is 1. The molecule has 0 radical (unpaired) electrons. The Bertz CT molecular complexity index is 442. The van der Waals surface area contributed by atoms with Crippen molar-refractivity contribution in [1.82, 2.24) is 0 Å². The summed E-state index contributed by atoms with van der Waals surface area (Å²) >= 11 is 0. The number of nitro groups is 1. The molecule has 6 nitrogen and oxygen atoms in total. The summed E-state index contributed by atoms with van der Waals surface area (Å²) < 4.78 is 0. The Hall–Kier alpha value is -1.95. The molecule has 0 heterocycles. The summed E-state index contributed by atoms with van der Waals surface area (Å²) in [5.74, 6) is -0.170. The van der Waals surface area contributed by atoms with Gasteiger partial charge in [-0.25, -0.2) is 0 Å². The average molecular weight is 251 g/mol. The molecule has 0 saturated carbocycles. The highest BCUT2D eigenvalue weighted by molar-refractivity contribution is 5.96. The predicted octanol–water partition coefficient (Wildman–Crippen LogP) is 1.54. The molecular weight excluding hydrogens is 234 g/mol. The maximum Gasteiger partial charge on any atom is 0.269 e. The van der Waals surface area contributed by atoms with E-state index in [-0.39, 0.29) is 17.5 Å². The first-order valence-corrected chi connectivity index (χ1v) is 5.62. The van der Waals surface area contributed by atoms with Gasteiger partial charge in [0, 0.05) is 24.9 Å². The van der Waals surface area contributed by atoms with Gasteiger partial charge in [-0.2, -0.15) is 0 Å². The van der Waals surface area contributed by atoms with Crippen LogP contribution in [0.4, 0.5) is 11.4 Å². The maximum absolute atomic E-state index is 12.0. The van der Waals surface area contributed by atoms with Gasteiger partial charge in [-0.15, -0.1) is 0 Å². The number of amides is 1. The third kappa shape index (κ3) is 3.04. The lowest BCUT2D eigenvalue weighted by Crippen LogP contribution is -2.45. The summed E-state index contributed by atoms with van der Waals surface area (Å²) in [7, 11) is 1.60. The summed E-state index contributed by atoms with van der Waals surface area (Å²) in [4.78, 5) is 23.4. The summed E-state index contributed by atoms with van der Waals surface area (Å²) in [5, 5.41) is 10.5. The molecule has 6 heteroatoms. The minimum absolute atomic E-state index is 0.00671. The molecule has 0 aliphatic carbocycles. The molecule has 0 bridgehead atoms. The number of benzene rings is 1. The Labute approximate surface area is 106 Å². The SMILES string of the molecule is CC(C)[C@@H](N)C(=O)N(C)c1ccc([N+](=O)[O-])cc1. The quantitative estimate of drug-likeness (QED) is 0.649. The van der Waals surface area contributed by atoms with Gasteiger partial charge in [0.15, 0.2) is 0 Å². The van der Waals surface area contributed by atoms with Crippen molar-refractivity contribution < 1.29 is 9.72 Å². The zero-order valence-corrected chi connectivity index (χ0v) is 10.7. The third-order valence-electron chi connectivity index (χ3n) is 2.78. The van der Waals surface area contributed by atoms with E-state index in [0.717, 1.165) is 0 Å². The fraction of sp³-hybridized carbons (Fsp3) is 0.417. The first kappa shape index (κ1) is 14.1. The molecule has 0 unspecified atom stereocenters. The van der Waals surface area contributed by atoms with Crippen LogP contribution in [0.25, 0.3) is 0 Å². The maximum atomic E-state index is 12.0. The fourth-order valence-corrected chi connectivity index (χ4v) is 1.43. The summed E-state index contributed by atoms with van der Waals surface area (Å²) in [6, 6.07) is 5.21. The molecule has 1 aromatic carbocycles. The normalized spacial score (nSPS) is 12.3. The molecule has 18 heavy (non-hydrogen) atoms. The molecule has 2 N–H and O–H groups in total. The highest BCUT2D eigenvalue weighted by Crippen LogP contribution is 2.19. The molecule has 1 aromatic rings. The van der Waals surface area contributed by atoms with Crippen molar-refractivity contribution in [1.29, 1.82) is 0 Å². The Morgan fingerprint density at radius 2 is 1.83 bits per heavy atom. The molecule has 0 spiro atoms. The van der Waals surface area contributed by atoms with Gasteiger partial charge < -0.3 is 10.6 Å². The lowest BCUT2D eigenvalue weighted by Gasteiger charge is -2.23. The molecule has 0 fully saturated rings. The van der Waals surface area contributed by atoms with Gasteiger partial charge >= 0.3 is 0 Å². The van der Waals surface area contributed by atoms with Crippen molar-refractivity contribution >= 4 is 17.3 Å². The van der Waals surface area contributed by atoms with E-state index in [2.05, 4.69) is 0 Å². The molecular formula is C12H17N3O3. The van der Waals surface area contributed by atoms with Gasteiger partial charge in [-0.3, -0.25) is 14.9 Å². The van der Waals surface area contributed by atoms with Crippen molar-refractivity contribution in [3.63, 3.8) is 0 Å². The van der Waals surface area contributed by atoms with E-state index >= 15 is 0 Å². The monoisotopic (exact) mass is 251 g/mol. The second kappa shape index (κ2) is 5.59. The Morgan fingerprint density at radius 3 is 2.22 bits per heavy atom. The molecule has 0 saturated heterocycles. The van der Waals surface area contributed by atoms with Crippen LogP contribution in [0.1, 0.15) is 13.8 Å². The number of non-ortho nitro benzene ring substituents is 1. The summed E-state index contributed by atoms with van der Waals surface area (Å²) in [5.41, 5.74) is 6.36. The zero-order chi connectivity index (χ0) is 13.9. The molecule has 0 aliphatic rings. The lowest BCUT2D eigenvalue weighted by atomic mass is 10.0. The molecule has 1 atom stereocenters. The van der Waals surface area contributed by atoms with Gasteiger partial charge in [0.25, 0.3) is 5.69 Å². The second-order valence-corrected chi connectivity index (χ2v) is 4.44. The van der Waals surface area contributed by atoms with E-state index in [4.69, 9.17) is 5.73 Å². The number of anilines is 1. The van der Waals surface area contributed by atoms with Crippen LogP contribution in [0, 0.1) is 16.0 Å². The van der Waals surface area contributed by atoms with Gasteiger partial charge in [0.2, 0.25) is 5.91 Å². The molecule has 0 aromatic heterocycles. The number of rotatable bonds is 4. The second-order valence-electron chi connectivity index (χ2n) is 4.44. The van der Waals surface area contributed by atoms with Gasteiger partial charge in [0.1, 0.15) is 0 Å². The Morgan fingerprint density at radius 1 is 1.33 bits per heavy atom. The van der Waals surface area contributed by atoms with Crippen molar-refractivity contribution in [2.24, 2.45) is 11.7 Å². The van der Waals surface area contributed by atoms with Crippen LogP contribution >= 0.6 is 0 Å². The highest BCUT2D eigenvalue weighted by Gasteiger charge is 2.22. The number of nitrogens with two attached hydrogens (primary N) is 1. The Kier molecular flexibility index (Phi) is 4.38. The number of hydrogen-bond donors (Lipinski definition) is 1. The van der Waals surface area contributed by atoms with Crippen LogP contribution in [0.2, 0.25) is 0 Å². The van der Waals surface area contributed by atoms with E-state index in [1.165, 1.54) is 29.2 Å². The van der Waals surface area contributed by atoms with E-state index in [1.807, 2.05) is 13.8 Å². The highest BCUT2D eigenvalue weighted by atomic mass is 16.6. The number of nitro benzene ring substituents is 1. The van der Waals surface area contributed by atoms with Gasteiger partial charge in [-0.05, 0) is 18.1 Å². The number of carbonyl (C=O) groups excluding carboxylic acids is 1. The van der Waals surface area contributed by atoms with Crippen molar-refractivity contribution in [2.75, 3.05) is 11.9 Å². The molecule has 1 rings (SSSR count). The van der Waals surface area contributed by atoms with Crippen LogP contribution in [-0.4, -0.2) is 23.9 Å². The molecule has 98 valence electrons. The molecule has 0 aliphatic heterocycles. The van der Waals surface area contributed by atoms with E-state index < -0.39 is 11.0 Å². The first-order chi connectivity index (χ1) is 8.34. The van der Waals surface area contributed by atoms with Crippen LogP contribution in [0.3, 0.4) is 0 Å². The summed E-state index contributed by atoms with van der Waals surface area (Å²) in [6.07, 6.45) is 0. The minimum atomic E-state index is -0.579.